The molecule has 4 heteroatoms. The fourth-order valence-electron chi connectivity index (χ4n) is 1.10. The van der Waals surface area contributed by atoms with Crippen LogP contribution < -0.4 is 11.3 Å². The van der Waals surface area contributed by atoms with Crippen molar-refractivity contribution in [2.24, 2.45) is 5.84 Å². The molecule has 0 aromatic heterocycles. The van der Waals surface area contributed by atoms with Crippen molar-refractivity contribution in [2.45, 2.75) is 18.9 Å². The molecule has 3 N–H and O–H groups in total. The normalized spacial score (nSPS) is 25.6. The van der Waals surface area contributed by atoms with E-state index < -0.39 is 0 Å². The lowest BCUT2D eigenvalue weighted by Crippen LogP contribution is -2.47. The van der Waals surface area contributed by atoms with Gasteiger partial charge in [0.15, 0.2) is 0 Å². The summed E-state index contributed by atoms with van der Waals surface area (Å²) in [7, 11) is 2.01. The SMILES string of the molecule is CN1CCC1CC(=O)NN. The lowest BCUT2D eigenvalue weighted by molar-refractivity contribution is -0.123. The quantitative estimate of drug-likeness (QED) is 0.298. The van der Waals surface area contributed by atoms with Crippen LogP contribution in [0.1, 0.15) is 12.8 Å². The van der Waals surface area contributed by atoms with Gasteiger partial charge in [0.05, 0.1) is 0 Å². The second-order valence-corrected chi connectivity index (χ2v) is 2.69. The number of hydrazine groups is 1. The van der Waals surface area contributed by atoms with E-state index in [9.17, 15) is 4.79 Å². The molecule has 0 bridgehead atoms. The molecule has 1 atom stereocenters. The zero-order valence-electron chi connectivity index (χ0n) is 6.13. The van der Waals surface area contributed by atoms with Gasteiger partial charge in [-0.25, -0.2) is 5.84 Å². The Kier molecular flexibility index (Phi) is 2.24. The van der Waals surface area contributed by atoms with Crippen LogP contribution in [0.15, 0.2) is 0 Å². The predicted molar refractivity (Wildman–Crippen MR) is 38.0 cm³/mol. The summed E-state index contributed by atoms with van der Waals surface area (Å²) in [6.45, 7) is 1.10. The topological polar surface area (TPSA) is 58.4 Å². The molecule has 1 heterocycles. The standard InChI is InChI=1S/C6H13N3O/c1-9-3-2-5(9)4-6(10)8-7/h5H,2-4,7H2,1H3,(H,8,10). The molecule has 0 saturated carbocycles. The van der Waals surface area contributed by atoms with E-state index >= 15 is 0 Å². The number of nitrogens with two attached hydrogens (primary N) is 1. The molecule has 10 heavy (non-hydrogen) atoms. The average molecular weight is 143 g/mol. The van der Waals surface area contributed by atoms with Crippen LogP contribution in [-0.4, -0.2) is 30.4 Å². The van der Waals surface area contributed by atoms with Gasteiger partial charge in [0, 0.05) is 12.5 Å². The van der Waals surface area contributed by atoms with Gasteiger partial charge in [0.2, 0.25) is 5.91 Å². The van der Waals surface area contributed by atoms with Crippen LogP contribution in [0, 0.1) is 0 Å². The summed E-state index contributed by atoms with van der Waals surface area (Å²) >= 11 is 0. The molecule has 58 valence electrons. The molecule has 1 saturated heterocycles. The maximum absolute atomic E-state index is 10.7. The van der Waals surface area contributed by atoms with Crippen molar-refractivity contribution in [2.75, 3.05) is 13.6 Å². The van der Waals surface area contributed by atoms with E-state index in [0.717, 1.165) is 13.0 Å². The lowest BCUT2D eigenvalue weighted by atomic mass is 10.0. The molecule has 1 fully saturated rings. The third-order valence-electron chi connectivity index (χ3n) is 2.02. The molecule has 0 aromatic carbocycles. The molecule has 0 spiro atoms. The summed E-state index contributed by atoms with van der Waals surface area (Å²) in [5.74, 6) is 4.85. The van der Waals surface area contributed by atoms with E-state index in [1.54, 1.807) is 0 Å². The van der Waals surface area contributed by atoms with Crippen molar-refractivity contribution in [1.29, 1.82) is 0 Å². The van der Waals surface area contributed by atoms with Crippen molar-refractivity contribution >= 4 is 5.91 Å². The van der Waals surface area contributed by atoms with Gasteiger partial charge >= 0.3 is 0 Å². The third kappa shape index (κ3) is 1.46. The highest BCUT2D eigenvalue weighted by Crippen LogP contribution is 2.16. The van der Waals surface area contributed by atoms with Crippen LogP contribution in [0.25, 0.3) is 0 Å². The highest BCUT2D eigenvalue weighted by molar-refractivity contribution is 5.75. The maximum Gasteiger partial charge on any atom is 0.235 e. The summed E-state index contributed by atoms with van der Waals surface area (Å²) in [6, 6.07) is 0.420. The fraction of sp³-hybridized carbons (Fsp3) is 0.833. The van der Waals surface area contributed by atoms with Crippen LogP contribution >= 0.6 is 0 Å². The first-order valence-electron chi connectivity index (χ1n) is 3.43. The van der Waals surface area contributed by atoms with Crippen molar-refractivity contribution < 1.29 is 4.79 Å². The van der Waals surface area contributed by atoms with Crippen molar-refractivity contribution in [3.05, 3.63) is 0 Å². The summed E-state index contributed by atoms with van der Waals surface area (Å²) < 4.78 is 0. The molecule has 0 aromatic rings. The van der Waals surface area contributed by atoms with Gasteiger partial charge in [-0.05, 0) is 20.0 Å². The first-order valence-corrected chi connectivity index (χ1v) is 3.43. The number of nitrogens with one attached hydrogen (secondary N) is 1. The van der Waals surface area contributed by atoms with Gasteiger partial charge in [-0.3, -0.25) is 10.2 Å². The van der Waals surface area contributed by atoms with Gasteiger partial charge in [0.1, 0.15) is 0 Å². The molecule has 0 radical (unpaired) electrons. The smallest absolute Gasteiger partial charge is 0.235 e. The van der Waals surface area contributed by atoms with Crippen LogP contribution in [0.3, 0.4) is 0 Å². The predicted octanol–water partition coefficient (Wildman–Crippen LogP) is -0.929. The summed E-state index contributed by atoms with van der Waals surface area (Å²) in [6.07, 6.45) is 1.65. The van der Waals surface area contributed by atoms with E-state index in [1.807, 2.05) is 7.05 Å². The highest BCUT2D eigenvalue weighted by Gasteiger charge is 2.25. The van der Waals surface area contributed by atoms with Gasteiger partial charge < -0.3 is 4.90 Å². The Hall–Kier alpha value is -0.610. The molecular formula is C6H13N3O. The molecule has 0 aliphatic carbocycles. The maximum atomic E-state index is 10.7. The number of carbonyl (C=O) groups is 1. The van der Waals surface area contributed by atoms with Crippen molar-refractivity contribution in [3.8, 4) is 0 Å². The number of nitrogens with zero attached hydrogens (tertiary/aromatic N) is 1. The van der Waals surface area contributed by atoms with Gasteiger partial charge in [-0.2, -0.15) is 0 Å². The number of rotatable bonds is 2. The molecular weight excluding hydrogens is 130 g/mol. The number of amides is 1. The van der Waals surface area contributed by atoms with Crippen LogP contribution in [0.4, 0.5) is 0 Å². The highest BCUT2D eigenvalue weighted by atomic mass is 16.2. The Balaban J connectivity index is 2.19. The molecule has 1 aliphatic heterocycles. The van der Waals surface area contributed by atoms with Gasteiger partial charge in [0.25, 0.3) is 0 Å². The third-order valence-corrected chi connectivity index (χ3v) is 2.02. The second-order valence-electron chi connectivity index (χ2n) is 2.69. The summed E-state index contributed by atoms with van der Waals surface area (Å²) in [5.41, 5.74) is 2.12. The van der Waals surface area contributed by atoms with Crippen molar-refractivity contribution in [1.82, 2.24) is 10.3 Å². The number of likely N-dealkylation sites (tertiary alicyclic amines) is 1. The number of hydrogen-bond acceptors (Lipinski definition) is 3. The Morgan fingerprint density at radius 1 is 1.90 bits per heavy atom. The van der Waals surface area contributed by atoms with Gasteiger partial charge in [-0.1, -0.05) is 0 Å². The van der Waals surface area contributed by atoms with Crippen LogP contribution in [0.2, 0.25) is 0 Å². The minimum Gasteiger partial charge on any atom is -0.303 e. The zero-order chi connectivity index (χ0) is 7.56. The Morgan fingerprint density at radius 2 is 2.60 bits per heavy atom. The molecule has 1 amide bonds. The van der Waals surface area contributed by atoms with Gasteiger partial charge in [-0.15, -0.1) is 0 Å². The first kappa shape index (κ1) is 7.50. The molecule has 1 rings (SSSR count). The van der Waals surface area contributed by atoms with E-state index in [-0.39, 0.29) is 5.91 Å². The first-order chi connectivity index (χ1) is 4.74. The fourth-order valence-corrected chi connectivity index (χ4v) is 1.10. The molecule has 1 aliphatic rings. The minimum atomic E-state index is -0.0726. The summed E-state index contributed by atoms with van der Waals surface area (Å²) in [4.78, 5) is 12.8. The molecule has 4 nitrogen and oxygen atoms in total. The second kappa shape index (κ2) is 2.98. The zero-order valence-corrected chi connectivity index (χ0v) is 6.13. The van der Waals surface area contributed by atoms with E-state index in [4.69, 9.17) is 5.84 Å². The monoisotopic (exact) mass is 143 g/mol. The average Bonchev–Trinajstić information content (AvgIpc) is 1.96. The Bertz CT molecular complexity index is 137. The minimum absolute atomic E-state index is 0.0726. The van der Waals surface area contributed by atoms with Crippen LogP contribution in [0.5, 0.6) is 0 Å². The lowest BCUT2D eigenvalue weighted by Gasteiger charge is -2.37. The van der Waals surface area contributed by atoms with E-state index in [0.29, 0.717) is 12.5 Å². The largest absolute Gasteiger partial charge is 0.303 e. The summed E-state index contributed by atoms with van der Waals surface area (Å²) in [5, 5.41) is 0. The molecule has 1 unspecified atom stereocenters. The Labute approximate surface area is 60.3 Å². The number of carbonyl (C=O) groups excluding carboxylic acids is 1. The number of hydrogen-bond donors (Lipinski definition) is 2. The van der Waals surface area contributed by atoms with E-state index in [1.165, 1.54) is 0 Å². The van der Waals surface area contributed by atoms with Crippen molar-refractivity contribution in [3.63, 3.8) is 0 Å². The van der Waals surface area contributed by atoms with Crippen LogP contribution in [-0.2, 0) is 4.79 Å². The van der Waals surface area contributed by atoms with E-state index in [2.05, 4.69) is 10.3 Å². The Morgan fingerprint density at radius 3 is 2.90 bits per heavy atom.